The van der Waals surface area contributed by atoms with Crippen LogP contribution >= 0.6 is 0 Å². The summed E-state index contributed by atoms with van der Waals surface area (Å²) in [7, 11) is 0. The van der Waals surface area contributed by atoms with Gasteiger partial charge in [0, 0.05) is 19.0 Å². The van der Waals surface area contributed by atoms with Gasteiger partial charge in [0.05, 0.1) is 0 Å². The van der Waals surface area contributed by atoms with Gasteiger partial charge in [-0.05, 0) is 31.6 Å². The number of amides is 1. The fourth-order valence-corrected chi connectivity index (χ4v) is 3.23. The minimum absolute atomic E-state index is 0.0498. The molecule has 1 saturated carbocycles. The average Bonchev–Trinajstić information content (AvgIpc) is 3.16. The van der Waals surface area contributed by atoms with Gasteiger partial charge in [-0.15, -0.1) is 0 Å². The Morgan fingerprint density at radius 3 is 3.05 bits per heavy atom. The van der Waals surface area contributed by atoms with Crippen molar-refractivity contribution in [2.45, 2.75) is 71.0 Å². The molecule has 3 rings (SSSR count). The molecule has 1 aliphatic carbocycles. The smallest absolute Gasteiger partial charge is 0.346 e. The van der Waals surface area contributed by atoms with E-state index in [1.165, 1.54) is 11.1 Å². The Labute approximate surface area is 124 Å². The molecule has 0 aromatic carbocycles. The minimum atomic E-state index is -0.136. The molecule has 116 valence electrons. The zero-order chi connectivity index (χ0) is 14.8. The van der Waals surface area contributed by atoms with Crippen molar-refractivity contribution in [1.29, 1.82) is 0 Å². The fourth-order valence-electron chi connectivity index (χ4n) is 3.23. The number of carbonyl (C=O) groups excluding carboxylic acids is 1. The number of fused-ring (bicyclic) bond motifs is 1. The van der Waals surface area contributed by atoms with Crippen LogP contribution in [0.4, 0.5) is 0 Å². The molecular weight excluding hydrogens is 268 g/mol. The molecule has 1 aromatic heterocycles. The van der Waals surface area contributed by atoms with Crippen LogP contribution in [0.3, 0.4) is 0 Å². The Kier molecular flexibility index (Phi) is 4.12. The van der Waals surface area contributed by atoms with Crippen LogP contribution in [0.1, 0.15) is 51.3 Å². The molecular formula is C15H24N4O2. The summed E-state index contributed by atoms with van der Waals surface area (Å²) in [6.07, 6.45) is 7.48. The summed E-state index contributed by atoms with van der Waals surface area (Å²) in [4.78, 5) is 24.3. The number of nitrogens with zero attached hydrogens (tertiary/aromatic N) is 3. The summed E-state index contributed by atoms with van der Waals surface area (Å²) in [5, 5.41) is 7.35. The molecule has 1 aromatic rings. The van der Waals surface area contributed by atoms with E-state index in [1.54, 1.807) is 4.57 Å². The quantitative estimate of drug-likeness (QED) is 0.883. The third kappa shape index (κ3) is 3.19. The van der Waals surface area contributed by atoms with Gasteiger partial charge in [-0.2, -0.15) is 5.10 Å². The van der Waals surface area contributed by atoms with Crippen molar-refractivity contribution in [1.82, 2.24) is 19.7 Å². The molecule has 21 heavy (non-hydrogen) atoms. The number of rotatable bonds is 5. The van der Waals surface area contributed by atoms with Crippen LogP contribution in [0.15, 0.2) is 4.79 Å². The normalized spacial score (nSPS) is 24.2. The van der Waals surface area contributed by atoms with E-state index in [1.807, 2.05) is 0 Å². The number of carbonyl (C=O) groups is 1. The number of aromatic nitrogens is 3. The molecule has 1 fully saturated rings. The van der Waals surface area contributed by atoms with Crippen molar-refractivity contribution < 1.29 is 4.79 Å². The third-order valence-electron chi connectivity index (χ3n) is 4.50. The van der Waals surface area contributed by atoms with E-state index in [9.17, 15) is 9.59 Å². The van der Waals surface area contributed by atoms with E-state index in [0.717, 1.165) is 50.9 Å². The molecule has 0 saturated heterocycles. The van der Waals surface area contributed by atoms with E-state index < -0.39 is 0 Å². The third-order valence-corrected chi connectivity index (χ3v) is 4.50. The predicted octanol–water partition coefficient (Wildman–Crippen LogP) is 1.08. The molecule has 0 spiro atoms. The fraction of sp³-hybridized carbons (Fsp3) is 0.800. The molecule has 2 aliphatic rings. The van der Waals surface area contributed by atoms with E-state index in [0.29, 0.717) is 12.0 Å². The summed E-state index contributed by atoms with van der Waals surface area (Å²) >= 11 is 0. The standard InChI is InChI=1S/C15H24N4O2/c1-2-6-11-9-12(11)16-14(20)10-19-15(21)18-8-5-3-4-7-13(18)17-19/h11-12H,2-10H2,1H3,(H,16,20)/t11-,12-/m1/s1. The average molecular weight is 292 g/mol. The first-order valence-electron chi connectivity index (χ1n) is 8.15. The van der Waals surface area contributed by atoms with Gasteiger partial charge >= 0.3 is 5.69 Å². The maximum atomic E-state index is 12.3. The van der Waals surface area contributed by atoms with Gasteiger partial charge in [0.15, 0.2) is 0 Å². The molecule has 2 heterocycles. The highest BCUT2D eigenvalue weighted by molar-refractivity contribution is 5.76. The first-order valence-corrected chi connectivity index (χ1v) is 8.15. The number of hydrogen-bond donors (Lipinski definition) is 1. The maximum Gasteiger partial charge on any atom is 0.346 e. The van der Waals surface area contributed by atoms with Gasteiger partial charge in [-0.1, -0.05) is 19.8 Å². The van der Waals surface area contributed by atoms with Gasteiger partial charge in [-0.3, -0.25) is 9.36 Å². The summed E-state index contributed by atoms with van der Waals surface area (Å²) < 4.78 is 3.06. The van der Waals surface area contributed by atoms with Crippen LogP contribution in [0, 0.1) is 5.92 Å². The lowest BCUT2D eigenvalue weighted by Crippen LogP contribution is -2.35. The van der Waals surface area contributed by atoms with Gasteiger partial charge in [0.1, 0.15) is 12.4 Å². The first-order chi connectivity index (χ1) is 10.2. The lowest BCUT2D eigenvalue weighted by atomic mass is 10.2. The summed E-state index contributed by atoms with van der Waals surface area (Å²) in [6.45, 7) is 2.94. The first kappa shape index (κ1) is 14.4. The Morgan fingerprint density at radius 2 is 2.24 bits per heavy atom. The predicted molar refractivity (Wildman–Crippen MR) is 79.0 cm³/mol. The van der Waals surface area contributed by atoms with Crippen molar-refractivity contribution in [3.05, 3.63) is 16.3 Å². The lowest BCUT2D eigenvalue weighted by molar-refractivity contribution is -0.122. The van der Waals surface area contributed by atoms with Crippen molar-refractivity contribution in [2.24, 2.45) is 5.92 Å². The molecule has 1 N–H and O–H groups in total. The molecule has 1 amide bonds. The largest absolute Gasteiger partial charge is 0.351 e. The van der Waals surface area contributed by atoms with E-state index in [4.69, 9.17) is 0 Å². The highest BCUT2D eigenvalue weighted by atomic mass is 16.2. The second kappa shape index (κ2) is 6.03. The molecule has 0 radical (unpaired) electrons. The summed E-state index contributed by atoms with van der Waals surface area (Å²) in [5.74, 6) is 1.38. The van der Waals surface area contributed by atoms with Gasteiger partial charge in [0.25, 0.3) is 0 Å². The lowest BCUT2D eigenvalue weighted by Gasteiger charge is -2.04. The maximum absolute atomic E-state index is 12.3. The van der Waals surface area contributed by atoms with Crippen LogP contribution < -0.4 is 11.0 Å². The van der Waals surface area contributed by atoms with E-state index >= 15 is 0 Å². The monoisotopic (exact) mass is 292 g/mol. The molecule has 0 unspecified atom stereocenters. The Morgan fingerprint density at radius 1 is 1.38 bits per heavy atom. The summed E-state index contributed by atoms with van der Waals surface area (Å²) in [5.41, 5.74) is -0.136. The SMILES string of the molecule is CCC[C@@H]1C[C@H]1NC(=O)Cn1nc2n(c1=O)CCCCC2. The molecule has 0 bridgehead atoms. The molecule has 1 aliphatic heterocycles. The zero-order valence-corrected chi connectivity index (χ0v) is 12.7. The van der Waals surface area contributed by atoms with Crippen molar-refractivity contribution in [3.63, 3.8) is 0 Å². The van der Waals surface area contributed by atoms with Gasteiger partial charge in [0.2, 0.25) is 5.91 Å². The van der Waals surface area contributed by atoms with Gasteiger partial charge in [-0.25, -0.2) is 9.48 Å². The van der Waals surface area contributed by atoms with Crippen LogP contribution in [0.2, 0.25) is 0 Å². The molecule has 2 atom stereocenters. The topological polar surface area (TPSA) is 68.9 Å². The molecule has 6 heteroatoms. The Bertz CT molecular complexity index is 575. The zero-order valence-electron chi connectivity index (χ0n) is 12.7. The highest BCUT2D eigenvalue weighted by Crippen LogP contribution is 2.34. The van der Waals surface area contributed by atoms with Crippen LogP contribution in [-0.2, 0) is 24.3 Å². The van der Waals surface area contributed by atoms with Crippen molar-refractivity contribution >= 4 is 5.91 Å². The number of nitrogens with one attached hydrogen (secondary N) is 1. The highest BCUT2D eigenvalue weighted by Gasteiger charge is 2.37. The molecule has 6 nitrogen and oxygen atoms in total. The number of aryl methyl sites for hydroxylation is 1. The Hall–Kier alpha value is -1.59. The van der Waals surface area contributed by atoms with Crippen LogP contribution in [0.25, 0.3) is 0 Å². The van der Waals surface area contributed by atoms with Crippen molar-refractivity contribution in [2.75, 3.05) is 0 Å². The van der Waals surface area contributed by atoms with E-state index in [2.05, 4.69) is 17.3 Å². The Balaban J connectivity index is 1.60. The second-order valence-electron chi connectivity index (χ2n) is 6.28. The van der Waals surface area contributed by atoms with Crippen molar-refractivity contribution in [3.8, 4) is 0 Å². The van der Waals surface area contributed by atoms with Crippen LogP contribution in [0.5, 0.6) is 0 Å². The second-order valence-corrected chi connectivity index (χ2v) is 6.28. The van der Waals surface area contributed by atoms with Crippen LogP contribution in [-0.4, -0.2) is 26.3 Å². The van der Waals surface area contributed by atoms with E-state index in [-0.39, 0.29) is 18.1 Å². The van der Waals surface area contributed by atoms with Gasteiger partial charge < -0.3 is 5.32 Å². The summed E-state index contributed by atoms with van der Waals surface area (Å²) in [6, 6.07) is 0.314. The minimum Gasteiger partial charge on any atom is -0.351 e. The number of hydrogen-bond acceptors (Lipinski definition) is 3.